The number of carbonyl (C=O) groups excluding carboxylic acids is 2. The average Bonchev–Trinajstić information content (AvgIpc) is 2.67. The minimum absolute atomic E-state index is 0.470. The predicted molar refractivity (Wildman–Crippen MR) is 50.4 cm³/mol. The van der Waals surface area contributed by atoms with Gasteiger partial charge in [0.2, 0.25) is 5.91 Å². The SMILES string of the molecule is O=C(O)CC(=O)NC(=O)C(O)C1CCCO1. The zero-order valence-electron chi connectivity index (χ0n) is 8.51. The Balaban J connectivity index is 2.38. The summed E-state index contributed by atoms with van der Waals surface area (Å²) in [5.74, 6) is -3.20. The second-order valence-corrected chi connectivity index (χ2v) is 3.48. The van der Waals surface area contributed by atoms with Crippen molar-refractivity contribution >= 4 is 17.8 Å². The van der Waals surface area contributed by atoms with Crippen LogP contribution in [0.5, 0.6) is 0 Å². The van der Waals surface area contributed by atoms with Crippen molar-refractivity contribution < 1.29 is 29.3 Å². The van der Waals surface area contributed by atoms with Crippen LogP contribution in [-0.4, -0.2) is 46.8 Å². The third-order valence-corrected chi connectivity index (χ3v) is 2.16. The molecule has 0 spiro atoms. The number of aliphatic carboxylic acids is 1. The summed E-state index contributed by atoms with van der Waals surface area (Å²) in [5.41, 5.74) is 0. The van der Waals surface area contributed by atoms with E-state index in [0.717, 1.165) is 6.42 Å². The Kier molecular flexibility index (Phi) is 4.39. The summed E-state index contributed by atoms with van der Waals surface area (Å²) < 4.78 is 5.06. The molecule has 3 N–H and O–H groups in total. The third-order valence-electron chi connectivity index (χ3n) is 2.16. The van der Waals surface area contributed by atoms with E-state index in [1.807, 2.05) is 0 Å². The van der Waals surface area contributed by atoms with Gasteiger partial charge in [-0.05, 0) is 12.8 Å². The van der Waals surface area contributed by atoms with Gasteiger partial charge in [-0.25, -0.2) is 0 Å². The van der Waals surface area contributed by atoms with Crippen LogP contribution in [-0.2, 0) is 19.1 Å². The molecule has 0 bridgehead atoms. The minimum atomic E-state index is -1.43. The number of carbonyl (C=O) groups is 3. The monoisotopic (exact) mass is 231 g/mol. The Morgan fingerprint density at radius 3 is 2.62 bits per heavy atom. The highest BCUT2D eigenvalue weighted by Gasteiger charge is 2.30. The topological polar surface area (TPSA) is 113 Å². The van der Waals surface area contributed by atoms with Gasteiger partial charge in [-0.3, -0.25) is 19.7 Å². The van der Waals surface area contributed by atoms with Crippen LogP contribution in [0.3, 0.4) is 0 Å². The van der Waals surface area contributed by atoms with Crippen molar-refractivity contribution in [2.75, 3.05) is 6.61 Å². The molecular formula is C9H13NO6. The lowest BCUT2D eigenvalue weighted by molar-refractivity contribution is -0.144. The molecule has 1 saturated heterocycles. The molecule has 1 aliphatic rings. The van der Waals surface area contributed by atoms with E-state index in [2.05, 4.69) is 0 Å². The fraction of sp³-hybridized carbons (Fsp3) is 0.667. The molecule has 2 amide bonds. The molecular weight excluding hydrogens is 218 g/mol. The Morgan fingerprint density at radius 2 is 2.12 bits per heavy atom. The van der Waals surface area contributed by atoms with Gasteiger partial charge in [0.1, 0.15) is 6.42 Å². The number of hydrogen-bond donors (Lipinski definition) is 3. The minimum Gasteiger partial charge on any atom is -0.481 e. The first-order valence-corrected chi connectivity index (χ1v) is 4.86. The normalized spacial score (nSPS) is 21.4. The molecule has 16 heavy (non-hydrogen) atoms. The van der Waals surface area contributed by atoms with Gasteiger partial charge in [0.25, 0.3) is 5.91 Å². The van der Waals surface area contributed by atoms with Crippen LogP contribution in [0.1, 0.15) is 19.3 Å². The highest BCUT2D eigenvalue weighted by atomic mass is 16.5. The standard InChI is InChI=1S/C9H13NO6/c11-6(4-7(12)13)10-9(15)8(14)5-2-1-3-16-5/h5,8,14H,1-4H2,(H,12,13)(H,10,11,15). The summed E-state index contributed by atoms with van der Waals surface area (Å²) >= 11 is 0. The zero-order chi connectivity index (χ0) is 12.1. The van der Waals surface area contributed by atoms with Gasteiger partial charge in [0.05, 0.1) is 6.10 Å². The van der Waals surface area contributed by atoms with Crippen LogP contribution < -0.4 is 5.32 Å². The van der Waals surface area contributed by atoms with Crippen molar-refractivity contribution in [3.8, 4) is 0 Å². The van der Waals surface area contributed by atoms with Gasteiger partial charge in [-0.1, -0.05) is 0 Å². The first-order chi connectivity index (χ1) is 7.50. The van der Waals surface area contributed by atoms with Gasteiger partial charge in [-0.2, -0.15) is 0 Å². The quantitative estimate of drug-likeness (QED) is 0.515. The lowest BCUT2D eigenvalue weighted by atomic mass is 10.1. The summed E-state index contributed by atoms with van der Waals surface area (Å²) in [6.45, 7) is 0.470. The number of carboxylic acids is 1. The van der Waals surface area contributed by atoms with Gasteiger partial charge >= 0.3 is 5.97 Å². The molecule has 7 heteroatoms. The molecule has 0 aromatic heterocycles. The second kappa shape index (κ2) is 5.57. The van der Waals surface area contributed by atoms with Crippen molar-refractivity contribution in [2.24, 2.45) is 0 Å². The second-order valence-electron chi connectivity index (χ2n) is 3.48. The first kappa shape index (κ1) is 12.6. The lowest BCUT2D eigenvalue weighted by Crippen LogP contribution is -2.44. The van der Waals surface area contributed by atoms with E-state index in [4.69, 9.17) is 9.84 Å². The van der Waals surface area contributed by atoms with Crippen molar-refractivity contribution in [2.45, 2.75) is 31.5 Å². The molecule has 7 nitrogen and oxygen atoms in total. The Hall–Kier alpha value is -1.47. The highest BCUT2D eigenvalue weighted by molar-refractivity contribution is 6.03. The van der Waals surface area contributed by atoms with Crippen molar-refractivity contribution in [1.82, 2.24) is 5.32 Å². The molecule has 2 atom stereocenters. The molecule has 0 radical (unpaired) electrons. The number of ether oxygens (including phenoxy) is 1. The van der Waals surface area contributed by atoms with E-state index < -0.39 is 36.4 Å². The lowest BCUT2D eigenvalue weighted by Gasteiger charge is -2.15. The Morgan fingerprint density at radius 1 is 1.44 bits per heavy atom. The molecule has 1 heterocycles. The Labute approximate surface area is 91.4 Å². The first-order valence-electron chi connectivity index (χ1n) is 4.86. The van der Waals surface area contributed by atoms with Crippen LogP contribution in [0.15, 0.2) is 0 Å². The molecule has 90 valence electrons. The van der Waals surface area contributed by atoms with Gasteiger partial charge < -0.3 is 14.9 Å². The molecule has 0 aromatic rings. The van der Waals surface area contributed by atoms with Gasteiger partial charge in [-0.15, -0.1) is 0 Å². The average molecular weight is 231 g/mol. The number of aliphatic hydroxyl groups excluding tert-OH is 1. The van der Waals surface area contributed by atoms with Crippen LogP contribution in [0.25, 0.3) is 0 Å². The number of carboxylic acid groups (broad SMARTS) is 1. The van der Waals surface area contributed by atoms with Crippen molar-refractivity contribution in [1.29, 1.82) is 0 Å². The number of amides is 2. The largest absolute Gasteiger partial charge is 0.481 e. The van der Waals surface area contributed by atoms with E-state index in [1.54, 1.807) is 5.32 Å². The number of nitrogens with one attached hydrogen (secondary N) is 1. The van der Waals surface area contributed by atoms with Gasteiger partial charge in [0, 0.05) is 6.61 Å². The maximum atomic E-state index is 11.3. The van der Waals surface area contributed by atoms with Crippen molar-refractivity contribution in [3.05, 3.63) is 0 Å². The van der Waals surface area contributed by atoms with Crippen LogP contribution >= 0.6 is 0 Å². The molecule has 0 saturated carbocycles. The summed E-state index contributed by atoms with van der Waals surface area (Å²) in [5, 5.41) is 19.6. The molecule has 2 unspecified atom stereocenters. The van der Waals surface area contributed by atoms with E-state index in [9.17, 15) is 19.5 Å². The molecule has 1 fully saturated rings. The van der Waals surface area contributed by atoms with E-state index >= 15 is 0 Å². The Bertz CT molecular complexity index is 296. The van der Waals surface area contributed by atoms with E-state index in [1.165, 1.54) is 0 Å². The number of aliphatic hydroxyl groups is 1. The van der Waals surface area contributed by atoms with E-state index in [-0.39, 0.29) is 0 Å². The van der Waals surface area contributed by atoms with Crippen molar-refractivity contribution in [3.63, 3.8) is 0 Å². The third kappa shape index (κ3) is 3.59. The number of imide groups is 1. The summed E-state index contributed by atoms with van der Waals surface area (Å²) in [4.78, 5) is 32.3. The fourth-order valence-electron chi connectivity index (χ4n) is 1.41. The number of rotatable bonds is 4. The zero-order valence-corrected chi connectivity index (χ0v) is 8.51. The molecule has 1 rings (SSSR count). The smallest absolute Gasteiger partial charge is 0.312 e. The maximum Gasteiger partial charge on any atom is 0.312 e. The van der Waals surface area contributed by atoms with Gasteiger partial charge in [0.15, 0.2) is 6.10 Å². The summed E-state index contributed by atoms with van der Waals surface area (Å²) in [6, 6.07) is 0. The molecule has 1 aliphatic heterocycles. The molecule has 0 aliphatic carbocycles. The molecule has 0 aromatic carbocycles. The van der Waals surface area contributed by atoms with Crippen LogP contribution in [0.4, 0.5) is 0 Å². The number of hydrogen-bond acceptors (Lipinski definition) is 5. The maximum absolute atomic E-state index is 11.3. The van der Waals surface area contributed by atoms with Crippen LogP contribution in [0, 0.1) is 0 Å². The summed E-state index contributed by atoms with van der Waals surface area (Å²) in [7, 11) is 0. The predicted octanol–water partition coefficient (Wildman–Crippen LogP) is -1.36. The highest BCUT2D eigenvalue weighted by Crippen LogP contribution is 2.15. The fourth-order valence-corrected chi connectivity index (χ4v) is 1.41. The van der Waals surface area contributed by atoms with Crippen LogP contribution in [0.2, 0.25) is 0 Å². The summed E-state index contributed by atoms with van der Waals surface area (Å²) in [6.07, 6.45) is -1.55. The van der Waals surface area contributed by atoms with E-state index in [0.29, 0.717) is 13.0 Å².